The molecule has 1 aliphatic heterocycles. The van der Waals surface area contributed by atoms with E-state index < -0.39 is 15.6 Å². The first kappa shape index (κ1) is 19.9. The summed E-state index contributed by atoms with van der Waals surface area (Å²) in [6.07, 6.45) is 6.32. The zero-order chi connectivity index (χ0) is 22.1. The maximum atomic E-state index is 13.3. The van der Waals surface area contributed by atoms with E-state index in [1.807, 2.05) is 6.07 Å². The van der Waals surface area contributed by atoms with Gasteiger partial charge in [0.15, 0.2) is 5.65 Å². The molecule has 4 aromatic rings. The highest BCUT2D eigenvalue weighted by molar-refractivity contribution is 7.90. The van der Waals surface area contributed by atoms with Gasteiger partial charge in [0.05, 0.1) is 35.5 Å². The Kier molecular flexibility index (Phi) is 4.12. The summed E-state index contributed by atoms with van der Waals surface area (Å²) in [7, 11) is -3.77. The number of hydrogen-bond acceptors (Lipinski definition) is 6. The standard InChI is InChI=1S/C23H25N5O3S/c1-15-6-5-10-23(15,22(24)13-31-14-22)20-19-17-9-11-28(21(17)25-12-18(19)26-27-20)32(29,30)16-7-3-2-4-8-16/h2-4,7-9,11-12,15H,5-6,10,13-14,24H2,1H3,(H,26,27)/t15?,23-/m0/s1. The van der Waals surface area contributed by atoms with Gasteiger partial charge < -0.3 is 10.5 Å². The Morgan fingerprint density at radius 1 is 1.22 bits per heavy atom. The third kappa shape index (κ3) is 2.41. The Hall–Kier alpha value is -2.75. The summed E-state index contributed by atoms with van der Waals surface area (Å²) in [4.78, 5) is 4.71. The zero-order valence-corrected chi connectivity index (χ0v) is 18.6. The van der Waals surface area contributed by atoms with Gasteiger partial charge in [-0.15, -0.1) is 0 Å². The molecule has 32 heavy (non-hydrogen) atoms. The molecule has 9 heteroatoms. The highest BCUT2D eigenvalue weighted by Gasteiger charge is 2.60. The van der Waals surface area contributed by atoms with E-state index in [9.17, 15) is 8.42 Å². The number of aromatic amines is 1. The Bertz CT molecular complexity index is 1440. The number of benzene rings is 1. The maximum Gasteiger partial charge on any atom is 0.269 e. The van der Waals surface area contributed by atoms with Crippen LogP contribution in [0.25, 0.3) is 21.9 Å². The molecule has 3 N–H and O–H groups in total. The summed E-state index contributed by atoms with van der Waals surface area (Å²) in [6, 6.07) is 10.2. The topological polar surface area (TPSA) is 116 Å². The van der Waals surface area contributed by atoms with Gasteiger partial charge in [0.1, 0.15) is 5.52 Å². The number of nitrogens with zero attached hydrogens (tertiary/aromatic N) is 3. The van der Waals surface area contributed by atoms with Crippen LogP contribution in [0.1, 0.15) is 31.9 Å². The third-order valence-electron chi connectivity index (χ3n) is 7.60. The van der Waals surface area contributed by atoms with Crippen LogP contribution in [0.15, 0.2) is 53.7 Å². The number of hydrogen-bond donors (Lipinski definition) is 2. The van der Waals surface area contributed by atoms with Gasteiger partial charge in [-0.1, -0.05) is 31.5 Å². The zero-order valence-electron chi connectivity index (χ0n) is 17.8. The Morgan fingerprint density at radius 3 is 2.66 bits per heavy atom. The first-order valence-corrected chi connectivity index (χ1v) is 12.3. The highest BCUT2D eigenvalue weighted by Crippen LogP contribution is 2.55. The minimum atomic E-state index is -3.77. The molecule has 1 saturated heterocycles. The summed E-state index contributed by atoms with van der Waals surface area (Å²) in [5.74, 6) is 0.346. The molecule has 0 spiro atoms. The third-order valence-corrected chi connectivity index (χ3v) is 9.28. The van der Waals surface area contributed by atoms with Gasteiger partial charge in [0.25, 0.3) is 10.0 Å². The lowest BCUT2D eigenvalue weighted by Gasteiger charge is -2.53. The van der Waals surface area contributed by atoms with Gasteiger partial charge in [0.2, 0.25) is 0 Å². The van der Waals surface area contributed by atoms with E-state index in [4.69, 9.17) is 10.5 Å². The molecule has 2 atom stereocenters. The molecular weight excluding hydrogens is 426 g/mol. The summed E-state index contributed by atoms with van der Waals surface area (Å²) >= 11 is 0. The van der Waals surface area contributed by atoms with Crippen molar-refractivity contribution < 1.29 is 13.2 Å². The smallest absolute Gasteiger partial charge is 0.269 e. The molecule has 2 aliphatic rings. The predicted molar refractivity (Wildman–Crippen MR) is 121 cm³/mol. The van der Waals surface area contributed by atoms with Crippen molar-refractivity contribution in [2.24, 2.45) is 11.7 Å². The molecule has 3 aromatic heterocycles. The molecule has 0 amide bonds. The van der Waals surface area contributed by atoms with E-state index >= 15 is 0 Å². The molecule has 4 heterocycles. The molecule has 1 aromatic carbocycles. The van der Waals surface area contributed by atoms with Crippen molar-refractivity contribution in [3.05, 3.63) is 54.5 Å². The first-order chi connectivity index (χ1) is 15.4. The van der Waals surface area contributed by atoms with Crippen molar-refractivity contribution in [1.29, 1.82) is 0 Å². The number of fused-ring (bicyclic) bond motifs is 3. The van der Waals surface area contributed by atoms with Crippen LogP contribution in [-0.2, 0) is 20.2 Å². The molecule has 1 aliphatic carbocycles. The van der Waals surface area contributed by atoms with Crippen molar-refractivity contribution in [2.75, 3.05) is 13.2 Å². The Balaban J connectivity index is 1.61. The minimum absolute atomic E-state index is 0.222. The van der Waals surface area contributed by atoms with Crippen molar-refractivity contribution in [1.82, 2.24) is 19.2 Å². The van der Waals surface area contributed by atoms with Crippen LogP contribution in [0.2, 0.25) is 0 Å². The second kappa shape index (κ2) is 6.63. The van der Waals surface area contributed by atoms with Crippen LogP contribution in [-0.4, -0.2) is 46.3 Å². The summed E-state index contributed by atoms with van der Waals surface area (Å²) in [5.41, 5.74) is 8.21. The summed E-state index contributed by atoms with van der Waals surface area (Å²) in [6.45, 7) is 3.26. The molecule has 0 radical (unpaired) electrons. The number of rotatable bonds is 4. The van der Waals surface area contributed by atoms with E-state index in [1.165, 1.54) is 3.97 Å². The lowest BCUT2D eigenvalue weighted by molar-refractivity contribution is -0.104. The molecule has 8 nitrogen and oxygen atoms in total. The van der Waals surface area contributed by atoms with Crippen molar-refractivity contribution in [3.8, 4) is 0 Å². The molecule has 0 bridgehead atoms. The van der Waals surface area contributed by atoms with Gasteiger partial charge >= 0.3 is 0 Å². The van der Waals surface area contributed by atoms with Crippen molar-refractivity contribution in [2.45, 2.75) is 42.0 Å². The first-order valence-electron chi connectivity index (χ1n) is 10.9. The molecular formula is C23H25N5O3S. The Morgan fingerprint density at radius 2 is 2.00 bits per heavy atom. The summed E-state index contributed by atoms with van der Waals surface area (Å²) < 4.78 is 33.5. The second-order valence-corrected chi connectivity index (χ2v) is 11.0. The van der Waals surface area contributed by atoms with Crippen LogP contribution < -0.4 is 5.73 Å². The van der Waals surface area contributed by atoms with Crippen molar-refractivity contribution in [3.63, 3.8) is 0 Å². The van der Waals surface area contributed by atoms with Crippen molar-refractivity contribution >= 4 is 32.0 Å². The second-order valence-electron chi connectivity index (χ2n) is 9.20. The van der Waals surface area contributed by atoms with Gasteiger partial charge in [-0.2, -0.15) is 5.10 Å². The van der Waals surface area contributed by atoms with Crippen LogP contribution >= 0.6 is 0 Å². The highest BCUT2D eigenvalue weighted by atomic mass is 32.2. The van der Waals surface area contributed by atoms with Gasteiger partial charge in [-0.05, 0) is 37.0 Å². The largest absolute Gasteiger partial charge is 0.377 e. The fraction of sp³-hybridized carbons (Fsp3) is 0.391. The molecule has 2 fully saturated rings. The van der Waals surface area contributed by atoms with Gasteiger partial charge in [-0.3, -0.25) is 5.10 Å². The van der Waals surface area contributed by atoms with E-state index in [0.29, 0.717) is 30.3 Å². The van der Waals surface area contributed by atoms with Crippen LogP contribution in [0.4, 0.5) is 0 Å². The van der Waals surface area contributed by atoms with Crippen LogP contribution in [0, 0.1) is 5.92 Å². The number of nitrogens with two attached hydrogens (primary N) is 1. The molecule has 1 unspecified atom stereocenters. The normalized spacial score (nSPS) is 25.4. The lowest BCUT2D eigenvalue weighted by atomic mass is 9.60. The van der Waals surface area contributed by atoms with Gasteiger partial charge in [0, 0.05) is 22.4 Å². The fourth-order valence-corrected chi connectivity index (χ4v) is 7.24. The fourth-order valence-electron chi connectivity index (χ4n) is 5.91. The quantitative estimate of drug-likeness (QED) is 0.493. The Labute approximate surface area is 185 Å². The van der Waals surface area contributed by atoms with E-state index in [2.05, 4.69) is 22.1 Å². The number of ether oxygens (including phenoxy) is 1. The van der Waals surface area contributed by atoms with Gasteiger partial charge in [-0.25, -0.2) is 17.4 Å². The van der Waals surface area contributed by atoms with E-state index in [0.717, 1.165) is 35.7 Å². The predicted octanol–water partition coefficient (Wildman–Crippen LogP) is 2.94. The van der Waals surface area contributed by atoms with Crippen LogP contribution in [0.5, 0.6) is 0 Å². The van der Waals surface area contributed by atoms with Crippen LogP contribution in [0.3, 0.4) is 0 Å². The average Bonchev–Trinajstić information content (AvgIpc) is 3.49. The number of aromatic nitrogens is 4. The number of H-pyrrole nitrogens is 1. The SMILES string of the molecule is CC1CCC[C@]1(c1[nH]nc2cnc3c(ccn3S(=O)(=O)c3ccccc3)c12)C1(N)COC1. The monoisotopic (exact) mass is 451 g/mol. The van der Waals surface area contributed by atoms with E-state index in [1.54, 1.807) is 42.7 Å². The lowest BCUT2D eigenvalue weighted by Crippen LogP contribution is -2.71. The number of pyridine rings is 1. The molecule has 1 saturated carbocycles. The van der Waals surface area contributed by atoms with E-state index in [-0.39, 0.29) is 10.3 Å². The summed E-state index contributed by atoms with van der Waals surface area (Å²) in [5, 5.41) is 9.50. The number of nitrogens with one attached hydrogen (secondary N) is 1. The molecule has 6 rings (SSSR count). The maximum absolute atomic E-state index is 13.3. The average molecular weight is 452 g/mol. The molecule has 166 valence electrons. The minimum Gasteiger partial charge on any atom is -0.377 e.